The van der Waals surface area contributed by atoms with Crippen LogP contribution >= 0.6 is 15.8 Å². The Morgan fingerprint density at radius 2 is 1.10 bits per heavy atom. The molecule has 2 aliphatic heterocycles. The van der Waals surface area contributed by atoms with Crippen LogP contribution in [0.4, 0.5) is 0 Å². The van der Waals surface area contributed by atoms with E-state index in [9.17, 15) is 0 Å². The molecule has 0 radical (unpaired) electrons. The second-order valence-corrected chi connectivity index (χ2v) is 12.4. The van der Waals surface area contributed by atoms with E-state index in [1.54, 1.807) is 50.3 Å². The lowest BCUT2D eigenvalue weighted by atomic mass is 10.2. The van der Waals surface area contributed by atoms with Gasteiger partial charge in [-0.3, -0.25) is 0 Å². The number of unbranched alkanes of at least 4 members (excludes halogenated alkanes) is 6. The highest BCUT2D eigenvalue weighted by molar-refractivity contribution is 7.64. The maximum atomic E-state index is 2.33. The molecule has 2 fully saturated rings. The van der Waals surface area contributed by atoms with Crippen LogP contribution in [-0.2, 0) is 0 Å². The van der Waals surface area contributed by atoms with Crippen LogP contribution in [0.3, 0.4) is 0 Å². The van der Waals surface area contributed by atoms with Crippen LogP contribution < -0.4 is 0 Å². The monoisotopic (exact) mass is 314 g/mol. The van der Waals surface area contributed by atoms with Gasteiger partial charge in [0.05, 0.1) is 0 Å². The van der Waals surface area contributed by atoms with Gasteiger partial charge in [-0.05, 0) is 61.6 Å². The van der Waals surface area contributed by atoms with Crippen LogP contribution in [0, 0.1) is 0 Å². The second-order valence-electron chi connectivity index (χ2n) is 6.91. The van der Waals surface area contributed by atoms with Crippen molar-refractivity contribution in [2.24, 2.45) is 0 Å². The van der Waals surface area contributed by atoms with Crippen LogP contribution in [0.1, 0.15) is 78.1 Å². The summed E-state index contributed by atoms with van der Waals surface area (Å²) < 4.78 is 0. The third kappa shape index (κ3) is 4.95. The van der Waals surface area contributed by atoms with Gasteiger partial charge in [0.15, 0.2) is 0 Å². The van der Waals surface area contributed by atoms with Gasteiger partial charge in [0.2, 0.25) is 0 Å². The molecule has 0 amide bonds. The van der Waals surface area contributed by atoms with Crippen LogP contribution in [0.2, 0.25) is 0 Å². The minimum Gasteiger partial charge on any atom is -0.103 e. The average molecular weight is 314 g/mol. The molecule has 0 spiro atoms. The van der Waals surface area contributed by atoms with Crippen molar-refractivity contribution in [1.29, 1.82) is 0 Å². The predicted molar refractivity (Wildman–Crippen MR) is 98.4 cm³/mol. The first-order chi connectivity index (χ1) is 9.86. The van der Waals surface area contributed by atoms with Crippen molar-refractivity contribution in [3.8, 4) is 0 Å². The summed E-state index contributed by atoms with van der Waals surface area (Å²) in [6, 6.07) is 0. The molecule has 0 N–H and O–H groups in total. The zero-order chi connectivity index (χ0) is 14.2. The highest BCUT2D eigenvalue weighted by Gasteiger charge is 2.43. The second kappa shape index (κ2) is 9.79. The van der Waals surface area contributed by atoms with Gasteiger partial charge in [-0.15, -0.1) is 15.8 Å². The molecular formula is C18H36P2. The SMILES string of the molecule is CCCCCC[P@]1CC[C@@H]1[C@H]1CC[P@@]1CCCCCC. The molecule has 0 unspecified atom stereocenters. The Labute approximate surface area is 130 Å². The molecule has 0 aliphatic carbocycles. The molecule has 118 valence electrons. The van der Waals surface area contributed by atoms with Gasteiger partial charge in [0.1, 0.15) is 0 Å². The van der Waals surface area contributed by atoms with Crippen molar-refractivity contribution in [2.45, 2.75) is 89.4 Å². The summed E-state index contributed by atoms with van der Waals surface area (Å²) in [5.41, 5.74) is 2.50. The fourth-order valence-corrected chi connectivity index (χ4v) is 10.4. The van der Waals surface area contributed by atoms with E-state index in [-0.39, 0.29) is 0 Å². The topological polar surface area (TPSA) is 0 Å². The predicted octanol–water partition coefficient (Wildman–Crippen LogP) is 6.66. The third-order valence-corrected chi connectivity index (χ3v) is 12.2. The highest BCUT2D eigenvalue weighted by Crippen LogP contribution is 2.66. The van der Waals surface area contributed by atoms with Crippen molar-refractivity contribution in [2.75, 3.05) is 24.6 Å². The summed E-state index contributed by atoms with van der Waals surface area (Å²) >= 11 is 0. The van der Waals surface area contributed by atoms with Gasteiger partial charge in [-0.2, -0.15) is 0 Å². The molecule has 2 rings (SSSR count). The molecule has 2 heteroatoms. The molecule has 2 heterocycles. The van der Waals surface area contributed by atoms with E-state index in [1.165, 1.54) is 49.8 Å². The summed E-state index contributed by atoms with van der Waals surface area (Å²) in [6.45, 7) is 4.66. The lowest BCUT2D eigenvalue weighted by molar-refractivity contribution is 0.632. The Bertz CT molecular complexity index is 228. The molecule has 0 saturated carbocycles. The van der Waals surface area contributed by atoms with Crippen LogP contribution in [0.15, 0.2) is 0 Å². The molecule has 4 atom stereocenters. The smallest absolute Gasteiger partial charge is 0.0138 e. The van der Waals surface area contributed by atoms with Gasteiger partial charge >= 0.3 is 0 Å². The standard InChI is InChI=1S/C18H36P2/c1-3-5-7-9-13-19-15-11-17(19)18-12-16-20(18)14-10-8-6-4-2/h17-18H,3-16H2,1-2H3/t17-,18-,19-,20-/m1/s1. The zero-order valence-corrected chi connectivity index (χ0v) is 15.7. The molecule has 0 aromatic heterocycles. The van der Waals surface area contributed by atoms with E-state index in [2.05, 4.69) is 13.8 Å². The van der Waals surface area contributed by atoms with Crippen LogP contribution in [0.25, 0.3) is 0 Å². The summed E-state index contributed by atoms with van der Waals surface area (Å²) in [5.74, 6) is 0. The first-order valence-corrected chi connectivity index (χ1v) is 12.9. The van der Waals surface area contributed by atoms with Crippen molar-refractivity contribution in [1.82, 2.24) is 0 Å². The van der Waals surface area contributed by atoms with E-state index in [0.29, 0.717) is 15.8 Å². The highest BCUT2D eigenvalue weighted by atomic mass is 31.1. The van der Waals surface area contributed by atoms with E-state index < -0.39 is 0 Å². The van der Waals surface area contributed by atoms with Crippen LogP contribution in [0.5, 0.6) is 0 Å². The number of hydrogen-bond acceptors (Lipinski definition) is 0. The van der Waals surface area contributed by atoms with E-state index >= 15 is 0 Å². The molecule has 20 heavy (non-hydrogen) atoms. The quantitative estimate of drug-likeness (QED) is 0.295. The number of rotatable bonds is 11. The minimum atomic E-state index is 0.496. The lowest BCUT2D eigenvalue weighted by Gasteiger charge is -2.51. The Kier molecular flexibility index (Phi) is 8.43. The van der Waals surface area contributed by atoms with Gasteiger partial charge in [0.25, 0.3) is 0 Å². The van der Waals surface area contributed by atoms with Crippen molar-refractivity contribution < 1.29 is 0 Å². The molecule has 2 aliphatic rings. The van der Waals surface area contributed by atoms with Gasteiger partial charge in [0, 0.05) is 0 Å². The Morgan fingerprint density at radius 1 is 0.650 bits per heavy atom. The van der Waals surface area contributed by atoms with Gasteiger partial charge in [-0.1, -0.05) is 52.4 Å². The lowest BCUT2D eigenvalue weighted by Crippen LogP contribution is -2.39. The summed E-state index contributed by atoms with van der Waals surface area (Å²) in [5, 5.41) is 0. The fraction of sp³-hybridized carbons (Fsp3) is 1.00. The summed E-state index contributed by atoms with van der Waals surface area (Å²) in [6.07, 6.45) is 21.7. The van der Waals surface area contributed by atoms with Crippen molar-refractivity contribution in [3.05, 3.63) is 0 Å². The first-order valence-electron chi connectivity index (χ1n) is 9.35. The molecule has 2 saturated heterocycles. The van der Waals surface area contributed by atoms with Gasteiger partial charge in [-0.25, -0.2) is 0 Å². The Balaban J connectivity index is 1.59. The van der Waals surface area contributed by atoms with Crippen LogP contribution in [-0.4, -0.2) is 36.0 Å². The zero-order valence-electron chi connectivity index (χ0n) is 13.9. The van der Waals surface area contributed by atoms with E-state index in [0.717, 1.165) is 0 Å². The first kappa shape index (κ1) is 17.2. The molecule has 0 aromatic rings. The van der Waals surface area contributed by atoms with Gasteiger partial charge < -0.3 is 0 Å². The van der Waals surface area contributed by atoms with Crippen molar-refractivity contribution >= 4 is 15.8 Å². The normalized spacial score (nSPS) is 32.7. The Morgan fingerprint density at radius 3 is 1.40 bits per heavy atom. The molecular weight excluding hydrogens is 278 g/mol. The third-order valence-electron chi connectivity index (χ3n) is 5.40. The maximum absolute atomic E-state index is 2.33. The average Bonchev–Trinajstić information content (AvgIpc) is 2.41. The van der Waals surface area contributed by atoms with E-state index in [1.807, 2.05) is 0 Å². The molecule has 0 nitrogen and oxygen atoms in total. The summed E-state index contributed by atoms with van der Waals surface area (Å²) in [7, 11) is 0.992. The fourth-order valence-electron chi connectivity index (χ4n) is 3.83. The van der Waals surface area contributed by atoms with Crippen molar-refractivity contribution in [3.63, 3.8) is 0 Å². The van der Waals surface area contributed by atoms with E-state index in [4.69, 9.17) is 0 Å². The molecule has 0 bridgehead atoms. The minimum absolute atomic E-state index is 0.496. The number of hydrogen-bond donors (Lipinski definition) is 0. The largest absolute Gasteiger partial charge is 0.103 e. The maximum Gasteiger partial charge on any atom is -0.0138 e. The Hall–Kier alpha value is 0.860. The molecule has 0 aromatic carbocycles. The summed E-state index contributed by atoms with van der Waals surface area (Å²) in [4.78, 5) is 0.